The molecule has 0 atom stereocenters. The van der Waals surface area contributed by atoms with Crippen LogP contribution in [-0.2, 0) is 0 Å². The Hall–Kier alpha value is -5.70. The van der Waals surface area contributed by atoms with E-state index in [1.807, 2.05) is 24.3 Å². The lowest BCUT2D eigenvalue weighted by Crippen LogP contribution is -1.93. The highest BCUT2D eigenvalue weighted by Gasteiger charge is 2.21. The topological polar surface area (TPSA) is 44.7 Å². The van der Waals surface area contributed by atoms with Gasteiger partial charge in [-0.05, 0) is 67.4 Å². The summed E-state index contributed by atoms with van der Waals surface area (Å²) in [4.78, 5) is 0. The fourth-order valence-electron chi connectivity index (χ4n) is 6.73. The van der Waals surface area contributed by atoms with E-state index in [1.54, 1.807) is 7.11 Å². The molecule has 1 heterocycles. The molecule has 1 aromatic heterocycles. The largest absolute Gasteiger partial charge is 0.496 e. The first-order valence-corrected chi connectivity index (χ1v) is 16.3. The molecule has 0 saturated carbocycles. The monoisotopic (exact) mass is 614 g/mol. The Labute approximate surface area is 265 Å². The molecule has 9 aromatic rings. The first-order valence-electron chi connectivity index (χ1n) is 15.2. The molecule has 0 aliphatic heterocycles. The van der Waals surface area contributed by atoms with E-state index in [0.29, 0.717) is 5.75 Å². The van der Waals surface area contributed by atoms with Gasteiger partial charge >= 0.3 is 8.24 Å². The lowest BCUT2D eigenvalue weighted by molar-refractivity contribution is 0.417. The summed E-state index contributed by atoms with van der Waals surface area (Å²) in [6, 6.07) is 50.0. The maximum absolute atomic E-state index is 6.88. The van der Waals surface area contributed by atoms with Crippen molar-refractivity contribution in [2.24, 2.45) is 0 Å². The van der Waals surface area contributed by atoms with Gasteiger partial charge in [-0.25, -0.2) is 0 Å². The third kappa shape index (κ3) is 4.23. The number of hydrogen-bond donors (Lipinski definition) is 0. The summed E-state index contributed by atoms with van der Waals surface area (Å²) in [6.45, 7) is 0. The minimum atomic E-state index is -1.92. The van der Waals surface area contributed by atoms with Crippen LogP contribution in [0.2, 0.25) is 0 Å². The van der Waals surface area contributed by atoms with Crippen LogP contribution in [0, 0.1) is 0 Å². The number of benzene rings is 8. The molecule has 0 spiro atoms. The van der Waals surface area contributed by atoms with Crippen molar-refractivity contribution >= 4 is 73.3 Å². The second-order valence-electron chi connectivity index (χ2n) is 11.3. The molecule has 0 unspecified atom stereocenters. The van der Waals surface area contributed by atoms with Crippen LogP contribution in [0.5, 0.6) is 11.5 Å². The molecule has 0 aliphatic rings. The number of ether oxygens (including phenoxy) is 1. The highest BCUT2D eigenvalue weighted by molar-refractivity contribution is 7.32. The smallest absolute Gasteiger partial charge is 0.453 e. The zero-order valence-corrected chi connectivity index (χ0v) is 25.8. The predicted molar refractivity (Wildman–Crippen MR) is 191 cm³/mol. The van der Waals surface area contributed by atoms with E-state index in [4.69, 9.17) is 17.7 Å². The molecule has 8 aromatic carbocycles. The fraction of sp³-hybridized carbons (Fsp3) is 0.0244. The third-order valence-electron chi connectivity index (χ3n) is 8.80. The number of fused-ring (bicyclic) bond motifs is 9. The number of hydrogen-bond acceptors (Lipinski definition) is 4. The van der Waals surface area contributed by atoms with E-state index >= 15 is 0 Å². The maximum atomic E-state index is 6.88. The van der Waals surface area contributed by atoms with Crippen molar-refractivity contribution in [2.45, 2.75) is 0 Å². The van der Waals surface area contributed by atoms with Gasteiger partial charge in [0, 0.05) is 21.9 Å². The highest BCUT2D eigenvalue weighted by atomic mass is 31.1. The molecular weight excluding hydrogens is 587 g/mol. The van der Waals surface area contributed by atoms with E-state index in [2.05, 4.69) is 121 Å². The second kappa shape index (κ2) is 10.7. The van der Waals surface area contributed by atoms with Crippen molar-refractivity contribution in [1.82, 2.24) is 0 Å². The van der Waals surface area contributed by atoms with Gasteiger partial charge in [0.15, 0.2) is 0 Å². The summed E-state index contributed by atoms with van der Waals surface area (Å²) in [6.07, 6.45) is 0. The molecule has 220 valence electrons. The molecule has 0 saturated heterocycles. The minimum Gasteiger partial charge on any atom is -0.496 e. The standard InChI is InChI=1S/C41H27O4P/c1-42-34-22-18-26-10-2-6-14-30(26)38(34)39-31-15-7-3-11-27(31)19-23-35(39)43-46-44-36-24-20-28-12-4-8-16-32(28)40(36)41-33-17-9-5-13-29(33)21-25-37(41)45-46/h2-25H,1H3. The Bertz CT molecular complexity index is 2580. The first kappa shape index (κ1) is 26.7. The molecule has 0 N–H and O–H groups in total. The van der Waals surface area contributed by atoms with Gasteiger partial charge in [0.05, 0.1) is 7.11 Å². The van der Waals surface area contributed by atoms with Crippen LogP contribution in [0.15, 0.2) is 154 Å². The molecule has 0 amide bonds. The Morgan fingerprint density at radius 1 is 0.413 bits per heavy atom. The zero-order valence-electron chi connectivity index (χ0n) is 24.9. The summed E-state index contributed by atoms with van der Waals surface area (Å²) in [5, 5.41) is 10.8. The van der Waals surface area contributed by atoms with Gasteiger partial charge in [-0.1, -0.05) is 121 Å². The van der Waals surface area contributed by atoms with E-state index in [9.17, 15) is 0 Å². The summed E-state index contributed by atoms with van der Waals surface area (Å²) < 4.78 is 26.3. The molecule has 0 fully saturated rings. The SMILES string of the molecule is COc1ccc2ccccc2c1-c1c(Op2oc3ccc4ccccc4c3c3c(ccc4ccccc43)o2)ccc2ccccc12. The van der Waals surface area contributed by atoms with Gasteiger partial charge in [-0.3, -0.25) is 0 Å². The van der Waals surface area contributed by atoms with Crippen molar-refractivity contribution in [3.05, 3.63) is 146 Å². The van der Waals surface area contributed by atoms with Crippen LogP contribution in [-0.4, -0.2) is 7.11 Å². The lowest BCUT2D eigenvalue weighted by atomic mass is 9.92. The predicted octanol–water partition coefficient (Wildman–Crippen LogP) is 12.4. The van der Waals surface area contributed by atoms with Crippen LogP contribution in [0.4, 0.5) is 0 Å². The third-order valence-corrected chi connectivity index (χ3v) is 9.84. The van der Waals surface area contributed by atoms with Gasteiger partial charge in [-0.15, -0.1) is 0 Å². The summed E-state index contributed by atoms with van der Waals surface area (Å²) >= 11 is 0. The van der Waals surface area contributed by atoms with E-state index in [0.717, 1.165) is 81.9 Å². The Balaban J connectivity index is 1.37. The van der Waals surface area contributed by atoms with Gasteiger partial charge in [-0.2, -0.15) is 0 Å². The average Bonchev–Trinajstić information content (AvgIpc) is 3.28. The Morgan fingerprint density at radius 3 is 1.30 bits per heavy atom. The Kier molecular flexibility index (Phi) is 6.22. The van der Waals surface area contributed by atoms with Crippen molar-refractivity contribution in [3.8, 4) is 22.6 Å². The lowest BCUT2D eigenvalue weighted by Gasteiger charge is -2.17. The number of methoxy groups -OCH3 is 1. The molecule has 4 nitrogen and oxygen atoms in total. The van der Waals surface area contributed by atoms with Crippen LogP contribution in [0.3, 0.4) is 0 Å². The maximum Gasteiger partial charge on any atom is 0.453 e. The van der Waals surface area contributed by atoms with Crippen LogP contribution < -0.4 is 9.26 Å². The fourth-order valence-corrected chi connectivity index (χ4v) is 7.78. The van der Waals surface area contributed by atoms with Crippen LogP contribution in [0.1, 0.15) is 0 Å². The van der Waals surface area contributed by atoms with Crippen LogP contribution in [0.25, 0.3) is 76.2 Å². The van der Waals surface area contributed by atoms with Crippen molar-refractivity contribution in [1.29, 1.82) is 0 Å². The van der Waals surface area contributed by atoms with E-state index < -0.39 is 8.24 Å². The minimum absolute atomic E-state index is 0.658. The molecule has 0 radical (unpaired) electrons. The quantitative estimate of drug-likeness (QED) is 0.198. The summed E-state index contributed by atoms with van der Waals surface area (Å²) in [7, 11) is -0.207. The molecule has 5 heteroatoms. The van der Waals surface area contributed by atoms with Crippen LogP contribution >= 0.6 is 8.24 Å². The van der Waals surface area contributed by atoms with Gasteiger partial charge in [0.1, 0.15) is 22.7 Å². The molecular formula is C41H27O4P. The van der Waals surface area contributed by atoms with Gasteiger partial charge < -0.3 is 17.7 Å². The number of rotatable bonds is 4. The Morgan fingerprint density at radius 2 is 0.804 bits per heavy atom. The molecule has 9 rings (SSSR count). The second-order valence-corrected chi connectivity index (χ2v) is 12.3. The van der Waals surface area contributed by atoms with Crippen molar-refractivity contribution in [2.75, 3.05) is 7.11 Å². The van der Waals surface area contributed by atoms with E-state index in [-0.39, 0.29) is 0 Å². The summed E-state index contributed by atoms with van der Waals surface area (Å²) in [5.74, 6) is 1.43. The van der Waals surface area contributed by atoms with Gasteiger partial charge in [0.2, 0.25) is 0 Å². The highest BCUT2D eigenvalue weighted by Crippen LogP contribution is 2.49. The first-order chi connectivity index (χ1) is 22.8. The summed E-state index contributed by atoms with van der Waals surface area (Å²) in [5.41, 5.74) is 3.35. The zero-order chi connectivity index (χ0) is 30.6. The van der Waals surface area contributed by atoms with Crippen molar-refractivity contribution in [3.63, 3.8) is 0 Å². The van der Waals surface area contributed by atoms with Gasteiger partial charge in [0.25, 0.3) is 0 Å². The van der Waals surface area contributed by atoms with E-state index in [1.165, 1.54) is 0 Å². The average molecular weight is 615 g/mol. The molecule has 46 heavy (non-hydrogen) atoms. The normalized spacial score (nSPS) is 11.6. The van der Waals surface area contributed by atoms with Crippen molar-refractivity contribution < 1.29 is 17.7 Å². The molecule has 0 aliphatic carbocycles. The molecule has 0 bridgehead atoms.